The average molecular weight is 253 g/mol. The van der Waals surface area contributed by atoms with Gasteiger partial charge in [-0.25, -0.2) is 0 Å². The molecule has 1 atom stereocenters. The lowest BCUT2D eigenvalue weighted by molar-refractivity contribution is 0.395. The maximum atomic E-state index is 5.92. The molecule has 0 aromatic heterocycles. The lowest BCUT2D eigenvalue weighted by Gasteiger charge is -2.35. The Morgan fingerprint density at radius 1 is 1.29 bits per heavy atom. The molecule has 2 rings (SSSR count). The zero-order valence-electron chi connectivity index (χ0n) is 10.6. The summed E-state index contributed by atoms with van der Waals surface area (Å²) in [6.45, 7) is 6.67. The van der Waals surface area contributed by atoms with E-state index in [4.69, 9.17) is 11.6 Å². The van der Waals surface area contributed by atoms with Crippen molar-refractivity contribution in [2.45, 2.75) is 38.8 Å². The van der Waals surface area contributed by atoms with Crippen LogP contribution in [0.15, 0.2) is 24.3 Å². The van der Waals surface area contributed by atoms with Crippen molar-refractivity contribution in [3.8, 4) is 0 Å². The predicted octanol–water partition coefficient (Wildman–Crippen LogP) is 3.31. The molecule has 0 bridgehead atoms. The Morgan fingerprint density at radius 2 is 2.00 bits per heavy atom. The van der Waals surface area contributed by atoms with Crippen LogP contribution in [0.1, 0.15) is 26.7 Å². The second-order valence-electron chi connectivity index (χ2n) is 5.08. The number of piperidine rings is 1. The Morgan fingerprint density at radius 3 is 2.65 bits per heavy atom. The molecular formula is C14H21ClN2. The number of hydrogen-bond donors (Lipinski definition) is 1. The van der Waals surface area contributed by atoms with E-state index in [2.05, 4.69) is 36.2 Å². The van der Waals surface area contributed by atoms with Crippen molar-refractivity contribution in [3.63, 3.8) is 0 Å². The van der Waals surface area contributed by atoms with Crippen LogP contribution < -0.4 is 10.2 Å². The Bertz CT molecular complexity index is 348. The number of rotatable bonds is 3. The highest BCUT2D eigenvalue weighted by Crippen LogP contribution is 2.22. The first-order valence-corrected chi connectivity index (χ1v) is 6.79. The summed E-state index contributed by atoms with van der Waals surface area (Å²) in [6.07, 6.45) is 2.54. The molecule has 94 valence electrons. The Hall–Kier alpha value is -0.730. The minimum Gasteiger partial charge on any atom is -0.370 e. The molecule has 3 heteroatoms. The fraction of sp³-hybridized carbons (Fsp3) is 0.571. The minimum absolute atomic E-state index is 0.560. The van der Waals surface area contributed by atoms with Crippen molar-refractivity contribution in [1.82, 2.24) is 5.32 Å². The summed E-state index contributed by atoms with van der Waals surface area (Å²) >= 11 is 5.92. The molecule has 1 unspecified atom stereocenters. The van der Waals surface area contributed by atoms with Crippen molar-refractivity contribution < 1.29 is 0 Å². The lowest BCUT2D eigenvalue weighted by atomic mass is 10.0. The van der Waals surface area contributed by atoms with Crippen LogP contribution in [0.4, 0.5) is 5.69 Å². The van der Waals surface area contributed by atoms with Crippen molar-refractivity contribution >= 4 is 17.3 Å². The van der Waals surface area contributed by atoms with Gasteiger partial charge in [0.25, 0.3) is 0 Å². The molecule has 1 N–H and O–H groups in total. The topological polar surface area (TPSA) is 15.3 Å². The van der Waals surface area contributed by atoms with Gasteiger partial charge in [-0.3, -0.25) is 0 Å². The maximum absolute atomic E-state index is 5.92. The van der Waals surface area contributed by atoms with E-state index in [1.54, 1.807) is 0 Å². The number of hydrogen-bond acceptors (Lipinski definition) is 2. The molecule has 1 aliphatic heterocycles. The fourth-order valence-corrected chi connectivity index (χ4v) is 2.60. The van der Waals surface area contributed by atoms with Gasteiger partial charge in [0.2, 0.25) is 0 Å². The molecule has 0 saturated carbocycles. The molecule has 1 aromatic rings. The van der Waals surface area contributed by atoms with Crippen LogP contribution in [0.25, 0.3) is 0 Å². The van der Waals surface area contributed by atoms with E-state index in [0.717, 1.165) is 18.1 Å². The highest BCUT2D eigenvalue weighted by atomic mass is 35.5. The van der Waals surface area contributed by atoms with Crippen molar-refractivity contribution in [2.24, 2.45) is 0 Å². The van der Waals surface area contributed by atoms with E-state index in [-0.39, 0.29) is 0 Å². The fourth-order valence-electron chi connectivity index (χ4n) is 2.47. The van der Waals surface area contributed by atoms with Gasteiger partial charge >= 0.3 is 0 Å². The second-order valence-corrected chi connectivity index (χ2v) is 5.52. The summed E-state index contributed by atoms with van der Waals surface area (Å²) in [5, 5.41) is 4.43. The average Bonchev–Trinajstić information content (AvgIpc) is 2.29. The van der Waals surface area contributed by atoms with Gasteiger partial charge in [0, 0.05) is 35.9 Å². The van der Waals surface area contributed by atoms with E-state index in [9.17, 15) is 0 Å². The number of halogens is 1. The van der Waals surface area contributed by atoms with Crippen molar-refractivity contribution in [1.29, 1.82) is 0 Å². The first kappa shape index (κ1) is 12.7. The van der Waals surface area contributed by atoms with Gasteiger partial charge in [0.1, 0.15) is 0 Å². The molecule has 0 aliphatic carbocycles. The molecule has 1 heterocycles. The maximum Gasteiger partial charge on any atom is 0.0407 e. The van der Waals surface area contributed by atoms with E-state index in [1.807, 2.05) is 12.1 Å². The van der Waals surface area contributed by atoms with Crippen LogP contribution in [0.3, 0.4) is 0 Å². The molecule has 2 nitrogen and oxygen atoms in total. The van der Waals surface area contributed by atoms with Gasteiger partial charge in [0.15, 0.2) is 0 Å². The Balaban J connectivity index is 1.99. The summed E-state index contributed by atoms with van der Waals surface area (Å²) in [5.41, 5.74) is 1.28. The van der Waals surface area contributed by atoms with E-state index < -0.39 is 0 Å². The second kappa shape index (κ2) is 5.74. The van der Waals surface area contributed by atoms with Gasteiger partial charge in [0.05, 0.1) is 0 Å². The summed E-state index contributed by atoms with van der Waals surface area (Å²) in [5.74, 6) is 0. The van der Waals surface area contributed by atoms with Crippen molar-refractivity contribution in [2.75, 3.05) is 18.0 Å². The number of benzene rings is 1. The summed E-state index contributed by atoms with van der Waals surface area (Å²) in [4.78, 5) is 2.44. The molecule has 17 heavy (non-hydrogen) atoms. The van der Waals surface area contributed by atoms with Gasteiger partial charge in [-0.1, -0.05) is 25.4 Å². The standard InChI is InChI=1S/C14H21ClN2/c1-11(2)16-13-4-3-9-17(10-13)14-7-5-12(15)6-8-14/h5-8,11,13,16H,3-4,9-10H2,1-2H3. The Kier molecular flexibility index (Phi) is 4.30. The summed E-state index contributed by atoms with van der Waals surface area (Å²) < 4.78 is 0. The largest absolute Gasteiger partial charge is 0.370 e. The highest BCUT2D eigenvalue weighted by Gasteiger charge is 2.20. The van der Waals surface area contributed by atoms with Gasteiger partial charge in [-0.05, 0) is 37.1 Å². The van der Waals surface area contributed by atoms with E-state index >= 15 is 0 Å². The third-order valence-corrected chi connectivity index (χ3v) is 3.43. The SMILES string of the molecule is CC(C)NC1CCCN(c2ccc(Cl)cc2)C1. The zero-order chi connectivity index (χ0) is 12.3. The van der Waals surface area contributed by atoms with Crippen LogP contribution in [-0.4, -0.2) is 25.2 Å². The monoisotopic (exact) mass is 252 g/mol. The normalized spacial score (nSPS) is 20.9. The predicted molar refractivity (Wildman–Crippen MR) is 75.0 cm³/mol. The number of anilines is 1. The van der Waals surface area contributed by atoms with Gasteiger partial charge in [-0.15, -0.1) is 0 Å². The van der Waals surface area contributed by atoms with E-state index in [1.165, 1.54) is 18.5 Å². The van der Waals surface area contributed by atoms with Crippen LogP contribution in [0.5, 0.6) is 0 Å². The van der Waals surface area contributed by atoms with Gasteiger partial charge < -0.3 is 10.2 Å². The van der Waals surface area contributed by atoms with Crippen LogP contribution in [0, 0.1) is 0 Å². The number of nitrogens with one attached hydrogen (secondary N) is 1. The summed E-state index contributed by atoms with van der Waals surface area (Å²) in [7, 11) is 0. The molecule has 0 radical (unpaired) electrons. The zero-order valence-corrected chi connectivity index (χ0v) is 11.4. The third kappa shape index (κ3) is 3.62. The van der Waals surface area contributed by atoms with E-state index in [0.29, 0.717) is 12.1 Å². The first-order valence-electron chi connectivity index (χ1n) is 6.41. The van der Waals surface area contributed by atoms with Gasteiger partial charge in [-0.2, -0.15) is 0 Å². The molecule has 1 saturated heterocycles. The Labute approximate surface area is 109 Å². The quantitative estimate of drug-likeness (QED) is 0.888. The molecule has 0 amide bonds. The minimum atomic E-state index is 0.560. The molecule has 1 fully saturated rings. The van der Waals surface area contributed by atoms with Crippen molar-refractivity contribution in [3.05, 3.63) is 29.3 Å². The third-order valence-electron chi connectivity index (χ3n) is 3.18. The lowest BCUT2D eigenvalue weighted by Crippen LogP contribution is -2.47. The van der Waals surface area contributed by atoms with Crippen LogP contribution >= 0.6 is 11.6 Å². The molecule has 1 aromatic carbocycles. The molecular weight excluding hydrogens is 232 g/mol. The van der Waals surface area contributed by atoms with Crippen LogP contribution in [0.2, 0.25) is 5.02 Å². The highest BCUT2D eigenvalue weighted by molar-refractivity contribution is 6.30. The van der Waals surface area contributed by atoms with Crippen LogP contribution in [-0.2, 0) is 0 Å². The first-order chi connectivity index (χ1) is 8.15. The molecule has 0 spiro atoms. The molecule has 1 aliphatic rings. The summed E-state index contributed by atoms with van der Waals surface area (Å²) in [6, 6.07) is 9.33. The number of nitrogens with zero attached hydrogens (tertiary/aromatic N) is 1. The smallest absolute Gasteiger partial charge is 0.0407 e.